The molecule has 7 nitrogen and oxygen atoms in total. The van der Waals surface area contributed by atoms with E-state index in [2.05, 4.69) is 25.8 Å². The fourth-order valence-corrected chi connectivity index (χ4v) is 4.28. The summed E-state index contributed by atoms with van der Waals surface area (Å²) in [4.78, 5) is 47.0. The fraction of sp³-hybridized carbons (Fsp3) is 0.364. The Bertz CT molecular complexity index is 958. The highest BCUT2D eigenvalue weighted by Crippen LogP contribution is 2.26. The molecule has 2 aromatic rings. The number of benzene rings is 1. The molecule has 0 radical (unpaired) electrons. The van der Waals surface area contributed by atoms with Crippen molar-refractivity contribution in [3.63, 3.8) is 0 Å². The van der Waals surface area contributed by atoms with Gasteiger partial charge in [-0.05, 0) is 42.3 Å². The van der Waals surface area contributed by atoms with Crippen LogP contribution in [0, 0.1) is 0 Å². The number of pyridine rings is 1. The van der Waals surface area contributed by atoms with Crippen LogP contribution in [-0.4, -0.2) is 70.1 Å². The molecular weight excluding hydrogens is 448 g/mol. The Morgan fingerprint density at radius 1 is 0.967 bits per heavy atom. The van der Waals surface area contributed by atoms with E-state index in [1.807, 2.05) is 17.0 Å². The summed E-state index contributed by atoms with van der Waals surface area (Å²) >= 11 is 3.33. The van der Waals surface area contributed by atoms with Gasteiger partial charge in [0.15, 0.2) is 0 Å². The summed E-state index contributed by atoms with van der Waals surface area (Å²) < 4.78 is 0.766. The van der Waals surface area contributed by atoms with E-state index in [1.165, 1.54) is 10.5 Å². The Labute approximate surface area is 183 Å². The molecule has 0 atom stereocenters. The van der Waals surface area contributed by atoms with Crippen LogP contribution < -0.4 is 0 Å². The normalized spacial score (nSPS) is 16.8. The molecule has 30 heavy (non-hydrogen) atoms. The van der Waals surface area contributed by atoms with Crippen molar-refractivity contribution in [2.75, 3.05) is 32.7 Å². The van der Waals surface area contributed by atoms with Crippen LogP contribution in [0.2, 0.25) is 0 Å². The summed E-state index contributed by atoms with van der Waals surface area (Å²) in [5, 5.41) is 0. The van der Waals surface area contributed by atoms with Crippen LogP contribution in [0.1, 0.15) is 39.1 Å². The van der Waals surface area contributed by atoms with Gasteiger partial charge in [0.25, 0.3) is 11.8 Å². The van der Waals surface area contributed by atoms with Crippen molar-refractivity contribution in [1.29, 1.82) is 0 Å². The predicted octanol–water partition coefficient (Wildman–Crippen LogP) is 2.56. The molecule has 0 bridgehead atoms. The van der Waals surface area contributed by atoms with Crippen molar-refractivity contribution >= 4 is 33.7 Å². The Morgan fingerprint density at radius 2 is 1.67 bits per heavy atom. The third-order valence-electron chi connectivity index (χ3n) is 5.59. The number of hydrogen-bond acceptors (Lipinski definition) is 5. The van der Waals surface area contributed by atoms with Crippen molar-refractivity contribution in [3.05, 3.63) is 63.9 Å². The first kappa shape index (κ1) is 20.7. The largest absolute Gasteiger partial charge is 0.340 e. The van der Waals surface area contributed by atoms with Crippen LogP contribution in [0.5, 0.6) is 0 Å². The van der Waals surface area contributed by atoms with Crippen LogP contribution >= 0.6 is 15.9 Å². The van der Waals surface area contributed by atoms with Gasteiger partial charge in [-0.1, -0.05) is 15.9 Å². The molecule has 1 saturated heterocycles. The summed E-state index contributed by atoms with van der Waals surface area (Å²) in [6, 6.07) is 9.11. The van der Waals surface area contributed by atoms with Gasteiger partial charge in [-0.25, -0.2) is 0 Å². The lowest BCUT2D eigenvalue weighted by molar-refractivity contribution is -0.133. The van der Waals surface area contributed by atoms with Crippen molar-refractivity contribution < 1.29 is 14.4 Å². The smallest absolute Gasteiger partial charge is 0.261 e. The van der Waals surface area contributed by atoms with E-state index in [4.69, 9.17) is 0 Å². The van der Waals surface area contributed by atoms with Crippen molar-refractivity contribution in [3.8, 4) is 0 Å². The second kappa shape index (κ2) is 9.06. The van der Waals surface area contributed by atoms with Crippen LogP contribution in [-0.2, 0) is 11.3 Å². The summed E-state index contributed by atoms with van der Waals surface area (Å²) in [5.41, 5.74) is 2.07. The van der Waals surface area contributed by atoms with Crippen LogP contribution in [0.15, 0.2) is 47.2 Å². The van der Waals surface area contributed by atoms with E-state index in [0.29, 0.717) is 37.1 Å². The van der Waals surface area contributed by atoms with Gasteiger partial charge < -0.3 is 4.90 Å². The molecule has 1 fully saturated rings. The number of carbonyl (C=O) groups excluding carboxylic acids is 3. The minimum atomic E-state index is -0.284. The fourth-order valence-electron chi connectivity index (χ4n) is 3.91. The lowest BCUT2D eigenvalue weighted by Gasteiger charge is -2.35. The van der Waals surface area contributed by atoms with Crippen molar-refractivity contribution in [1.82, 2.24) is 19.7 Å². The second-order valence-electron chi connectivity index (χ2n) is 7.57. The lowest BCUT2D eigenvalue weighted by atomic mass is 10.1. The summed E-state index contributed by atoms with van der Waals surface area (Å²) in [7, 11) is 0. The summed E-state index contributed by atoms with van der Waals surface area (Å²) in [5.74, 6) is -0.480. The molecule has 2 aliphatic rings. The highest BCUT2D eigenvalue weighted by Gasteiger charge is 2.35. The quantitative estimate of drug-likeness (QED) is 0.606. The van der Waals surface area contributed by atoms with Gasteiger partial charge in [0.1, 0.15) is 0 Å². The Balaban J connectivity index is 1.22. The molecule has 1 aromatic carbocycles. The van der Waals surface area contributed by atoms with E-state index in [9.17, 15) is 14.4 Å². The zero-order valence-electron chi connectivity index (χ0n) is 16.6. The number of amides is 3. The first-order chi connectivity index (χ1) is 14.5. The van der Waals surface area contributed by atoms with Gasteiger partial charge in [-0.2, -0.15) is 0 Å². The van der Waals surface area contributed by atoms with Crippen molar-refractivity contribution in [2.24, 2.45) is 0 Å². The number of nitrogens with zero attached hydrogens (tertiary/aromatic N) is 4. The molecule has 3 heterocycles. The lowest BCUT2D eigenvalue weighted by Crippen LogP contribution is -2.48. The van der Waals surface area contributed by atoms with Gasteiger partial charge >= 0.3 is 0 Å². The standard InChI is InChI=1S/C22H23BrN4O3/c23-17-3-4-18-19(14-17)22(30)27(21(18)29)9-1-2-20(28)26-12-10-25(11-13-26)15-16-5-7-24-8-6-16/h3-8,14H,1-2,9-13,15H2. The number of piperazine rings is 1. The highest BCUT2D eigenvalue weighted by molar-refractivity contribution is 9.10. The van der Waals surface area contributed by atoms with E-state index < -0.39 is 0 Å². The topological polar surface area (TPSA) is 73.8 Å². The van der Waals surface area contributed by atoms with E-state index in [0.717, 1.165) is 24.1 Å². The minimum absolute atomic E-state index is 0.0814. The molecule has 3 amide bonds. The molecule has 2 aliphatic heterocycles. The maximum Gasteiger partial charge on any atom is 0.261 e. The molecule has 1 aromatic heterocycles. The zero-order valence-corrected chi connectivity index (χ0v) is 18.2. The average molecular weight is 471 g/mol. The average Bonchev–Trinajstić information content (AvgIpc) is 2.99. The molecule has 0 unspecified atom stereocenters. The number of aromatic nitrogens is 1. The van der Waals surface area contributed by atoms with Gasteiger partial charge in [0.05, 0.1) is 11.1 Å². The molecule has 0 saturated carbocycles. The maximum atomic E-state index is 12.6. The van der Waals surface area contributed by atoms with Gasteiger partial charge in [0, 0.05) is 62.6 Å². The van der Waals surface area contributed by atoms with Crippen LogP contribution in [0.25, 0.3) is 0 Å². The minimum Gasteiger partial charge on any atom is -0.340 e. The number of imide groups is 1. The molecule has 0 N–H and O–H groups in total. The molecular formula is C22H23BrN4O3. The van der Waals surface area contributed by atoms with E-state index in [-0.39, 0.29) is 24.3 Å². The zero-order chi connectivity index (χ0) is 21.1. The summed E-state index contributed by atoms with van der Waals surface area (Å²) in [6.07, 6.45) is 4.40. The van der Waals surface area contributed by atoms with E-state index in [1.54, 1.807) is 30.6 Å². The molecule has 156 valence electrons. The van der Waals surface area contributed by atoms with E-state index >= 15 is 0 Å². The number of halogens is 1. The number of carbonyl (C=O) groups is 3. The monoisotopic (exact) mass is 470 g/mol. The van der Waals surface area contributed by atoms with Gasteiger partial charge in [-0.3, -0.25) is 29.2 Å². The molecule has 0 aliphatic carbocycles. The molecule has 0 spiro atoms. The summed E-state index contributed by atoms with van der Waals surface area (Å²) in [6.45, 7) is 4.19. The van der Waals surface area contributed by atoms with Crippen molar-refractivity contribution in [2.45, 2.75) is 19.4 Å². The maximum absolute atomic E-state index is 12.6. The SMILES string of the molecule is O=C(CCCN1C(=O)c2ccc(Br)cc2C1=O)N1CCN(Cc2ccncc2)CC1. The molecule has 4 rings (SSSR count). The number of hydrogen-bond donors (Lipinski definition) is 0. The highest BCUT2D eigenvalue weighted by atomic mass is 79.9. The van der Waals surface area contributed by atoms with Gasteiger partial charge in [-0.15, -0.1) is 0 Å². The second-order valence-corrected chi connectivity index (χ2v) is 8.48. The number of fused-ring (bicyclic) bond motifs is 1. The predicted molar refractivity (Wildman–Crippen MR) is 115 cm³/mol. The van der Waals surface area contributed by atoms with Crippen LogP contribution in [0.3, 0.4) is 0 Å². The van der Waals surface area contributed by atoms with Crippen LogP contribution in [0.4, 0.5) is 0 Å². The first-order valence-electron chi connectivity index (χ1n) is 10.1. The Morgan fingerprint density at radius 3 is 2.40 bits per heavy atom. The third kappa shape index (κ3) is 4.44. The molecule has 8 heteroatoms. The Hall–Kier alpha value is -2.58. The number of rotatable bonds is 6. The third-order valence-corrected chi connectivity index (χ3v) is 6.08. The first-order valence-corrected chi connectivity index (χ1v) is 10.9. The van der Waals surface area contributed by atoms with Gasteiger partial charge in [0.2, 0.25) is 5.91 Å². The Kier molecular flexibility index (Phi) is 6.24.